The summed E-state index contributed by atoms with van der Waals surface area (Å²) in [6, 6.07) is 7.53. The molecule has 1 saturated carbocycles. The number of nitrogens with one attached hydrogen (secondary N) is 2. The summed E-state index contributed by atoms with van der Waals surface area (Å²) in [5.41, 5.74) is 0.368. The molecule has 1 aromatic rings. The first kappa shape index (κ1) is 19.3. The smallest absolute Gasteiger partial charge is 0.225 e. The minimum absolute atomic E-state index is 0.00533. The summed E-state index contributed by atoms with van der Waals surface area (Å²) in [7, 11) is 0. The zero-order valence-electron chi connectivity index (χ0n) is 15.6. The second-order valence-corrected chi connectivity index (χ2v) is 7.71. The molecule has 0 saturated heterocycles. The molecule has 0 bridgehead atoms. The van der Waals surface area contributed by atoms with Crippen molar-refractivity contribution >= 4 is 17.5 Å². The highest BCUT2D eigenvalue weighted by atomic mass is 16.5. The van der Waals surface area contributed by atoms with E-state index in [1.54, 1.807) is 0 Å². The van der Waals surface area contributed by atoms with Gasteiger partial charge in [-0.25, -0.2) is 0 Å². The fourth-order valence-corrected chi connectivity index (χ4v) is 2.76. The predicted octanol–water partition coefficient (Wildman–Crippen LogP) is 3.89. The van der Waals surface area contributed by atoms with Gasteiger partial charge in [0.25, 0.3) is 0 Å². The van der Waals surface area contributed by atoms with Crippen molar-refractivity contribution in [2.75, 3.05) is 11.9 Å². The van der Waals surface area contributed by atoms with E-state index >= 15 is 0 Å². The summed E-state index contributed by atoms with van der Waals surface area (Å²) in [5, 5.41) is 5.72. The Kier molecular flexibility index (Phi) is 6.85. The summed E-state index contributed by atoms with van der Waals surface area (Å²) in [6.07, 6.45) is 6.09. The predicted molar refractivity (Wildman–Crippen MR) is 99.7 cm³/mol. The molecule has 1 fully saturated rings. The third kappa shape index (κ3) is 6.77. The van der Waals surface area contributed by atoms with Crippen LogP contribution in [0.1, 0.15) is 59.3 Å². The Labute approximate surface area is 150 Å². The van der Waals surface area contributed by atoms with E-state index in [-0.39, 0.29) is 11.8 Å². The van der Waals surface area contributed by atoms with Gasteiger partial charge < -0.3 is 15.4 Å². The number of benzene rings is 1. The van der Waals surface area contributed by atoms with Crippen molar-refractivity contribution in [3.63, 3.8) is 0 Å². The first-order valence-electron chi connectivity index (χ1n) is 9.19. The van der Waals surface area contributed by atoms with Crippen molar-refractivity contribution in [2.24, 2.45) is 5.41 Å². The number of ether oxygens (including phenoxy) is 1. The lowest BCUT2D eigenvalue weighted by atomic mass is 9.96. The zero-order valence-corrected chi connectivity index (χ0v) is 15.6. The number of amides is 2. The van der Waals surface area contributed by atoms with Crippen LogP contribution in [0.3, 0.4) is 0 Å². The van der Waals surface area contributed by atoms with Crippen LogP contribution in [-0.4, -0.2) is 24.5 Å². The van der Waals surface area contributed by atoms with Crippen LogP contribution in [0.25, 0.3) is 0 Å². The van der Waals surface area contributed by atoms with Gasteiger partial charge in [0.1, 0.15) is 5.75 Å². The number of carbonyl (C=O) groups is 2. The zero-order chi connectivity index (χ0) is 18.3. The fourth-order valence-electron chi connectivity index (χ4n) is 2.76. The van der Waals surface area contributed by atoms with E-state index in [9.17, 15) is 9.59 Å². The van der Waals surface area contributed by atoms with Gasteiger partial charge in [0, 0.05) is 24.1 Å². The topological polar surface area (TPSA) is 67.4 Å². The monoisotopic (exact) mass is 346 g/mol. The van der Waals surface area contributed by atoms with Gasteiger partial charge in [-0.15, -0.1) is 0 Å². The molecular weight excluding hydrogens is 316 g/mol. The molecule has 1 aliphatic rings. The number of rotatable bonds is 7. The third-order valence-electron chi connectivity index (χ3n) is 4.29. The molecule has 0 spiro atoms. The van der Waals surface area contributed by atoms with Crippen molar-refractivity contribution in [3.05, 3.63) is 24.3 Å². The van der Waals surface area contributed by atoms with Crippen molar-refractivity contribution in [2.45, 2.75) is 65.4 Å². The van der Waals surface area contributed by atoms with Gasteiger partial charge in [-0.1, -0.05) is 20.8 Å². The number of carbonyl (C=O) groups excluding carboxylic acids is 2. The Morgan fingerprint density at radius 3 is 2.36 bits per heavy atom. The summed E-state index contributed by atoms with van der Waals surface area (Å²) >= 11 is 0. The Balaban J connectivity index is 1.67. The molecule has 2 rings (SSSR count). The Bertz CT molecular complexity index is 570. The molecule has 2 N–H and O–H groups in total. The average Bonchev–Trinajstić information content (AvgIpc) is 3.05. The van der Waals surface area contributed by atoms with Gasteiger partial charge in [-0.05, 0) is 56.4 Å². The first-order chi connectivity index (χ1) is 11.8. The molecule has 1 aromatic carbocycles. The molecule has 0 aromatic heterocycles. The summed E-state index contributed by atoms with van der Waals surface area (Å²) in [6.45, 7) is 6.12. The second kappa shape index (κ2) is 8.88. The molecule has 25 heavy (non-hydrogen) atoms. The van der Waals surface area contributed by atoms with E-state index in [0.717, 1.165) is 24.3 Å². The SMILES string of the molecule is CC(C)(C)C(=O)NCCCC(=O)Nc1ccc(OC2CCCC2)cc1. The summed E-state index contributed by atoms with van der Waals surface area (Å²) < 4.78 is 5.91. The average molecular weight is 346 g/mol. The first-order valence-corrected chi connectivity index (χ1v) is 9.19. The van der Waals surface area contributed by atoms with E-state index in [4.69, 9.17) is 4.74 Å². The van der Waals surface area contributed by atoms with Crippen LogP contribution in [-0.2, 0) is 9.59 Å². The van der Waals surface area contributed by atoms with Gasteiger partial charge in [0.15, 0.2) is 0 Å². The molecule has 0 radical (unpaired) electrons. The lowest BCUT2D eigenvalue weighted by Gasteiger charge is -2.17. The van der Waals surface area contributed by atoms with Crippen LogP contribution in [0.4, 0.5) is 5.69 Å². The van der Waals surface area contributed by atoms with Crippen molar-refractivity contribution in [1.29, 1.82) is 0 Å². The maximum Gasteiger partial charge on any atom is 0.225 e. The maximum absolute atomic E-state index is 12.0. The highest BCUT2D eigenvalue weighted by Crippen LogP contribution is 2.25. The van der Waals surface area contributed by atoms with Crippen molar-refractivity contribution < 1.29 is 14.3 Å². The highest BCUT2D eigenvalue weighted by molar-refractivity contribution is 5.90. The number of hydrogen-bond donors (Lipinski definition) is 2. The maximum atomic E-state index is 12.0. The van der Waals surface area contributed by atoms with Crippen LogP contribution in [0, 0.1) is 5.41 Å². The Hall–Kier alpha value is -2.04. The molecule has 5 nitrogen and oxygen atoms in total. The second-order valence-electron chi connectivity index (χ2n) is 7.71. The lowest BCUT2D eigenvalue weighted by Crippen LogP contribution is -2.35. The largest absolute Gasteiger partial charge is 0.490 e. The van der Waals surface area contributed by atoms with Gasteiger partial charge >= 0.3 is 0 Å². The molecule has 0 heterocycles. The van der Waals surface area contributed by atoms with E-state index < -0.39 is 5.41 Å². The van der Waals surface area contributed by atoms with Gasteiger partial charge in [-0.2, -0.15) is 0 Å². The lowest BCUT2D eigenvalue weighted by molar-refractivity contribution is -0.128. The molecule has 0 unspecified atom stereocenters. The number of anilines is 1. The van der Waals surface area contributed by atoms with Gasteiger partial charge in [0.2, 0.25) is 11.8 Å². The van der Waals surface area contributed by atoms with Gasteiger partial charge in [0.05, 0.1) is 6.10 Å². The van der Waals surface area contributed by atoms with E-state index in [0.29, 0.717) is 25.5 Å². The summed E-state index contributed by atoms with van der Waals surface area (Å²) in [4.78, 5) is 23.7. The molecule has 0 atom stereocenters. The molecule has 138 valence electrons. The minimum atomic E-state index is -0.398. The van der Waals surface area contributed by atoms with Crippen LogP contribution in [0.15, 0.2) is 24.3 Å². The van der Waals surface area contributed by atoms with Crippen molar-refractivity contribution in [3.8, 4) is 5.75 Å². The van der Waals surface area contributed by atoms with Gasteiger partial charge in [-0.3, -0.25) is 9.59 Å². The van der Waals surface area contributed by atoms with E-state index in [1.807, 2.05) is 45.0 Å². The highest BCUT2D eigenvalue weighted by Gasteiger charge is 2.20. The molecule has 5 heteroatoms. The molecule has 1 aliphatic carbocycles. The van der Waals surface area contributed by atoms with Crippen LogP contribution in [0.2, 0.25) is 0 Å². The standard InChI is InChI=1S/C20H30N2O3/c1-20(2,3)19(24)21-14-6-9-18(23)22-15-10-12-17(13-11-15)25-16-7-4-5-8-16/h10-13,16H,4-9,14H2,1-3H3,(H,21,24)(H,22,23). The minimum Gasteiger partial charge on any atom is -0.490 e. The molecule has 2 amide bonds. The normalized spacial score (nSPS) is 15.0. The van der Waals surface area contributed by atoms with E-state index in [2.05, 4.69) is 10.6 Å². The molecule has 0 aliphatic heterocycles. The van der Waals surface area contributed by atoms with Crippen LogP contribution < -0.4 is 15.4 Å². The quantitative estimate of drug-likeness (QED) is 0.736. The fraction of sp³-hybridized carbons (Fsp3) is 0.600. The van der Waals surface area contributed by atoms with Crippen LogP contribution >= 0.6 is 0 Å². The Morgan fingerprint density at radius 2 is 1.76 bits per heavy atom. The Morgan fingerprint density at radius 1 is 1.12 bits per heavy atom. The molecular formula is C20H30N2O3. The van der Waals surface area contributed by atoms with E-state index in [1.165, 1.54) is 12.8 Å². The summed E-state index contributed by atoms with van der Waals surface area (Å²) in [5.74, 6) is 0.815. The third-order valence-corrected chi connectivity index (χ3v) is 4.29. The van der Waals surface area contributed by atoms with Crippen molar-refractivity contribution in [1.82, 2.24) is 5.32 Å². The number of hydrogen-bond acceptors (Lipinski definition) is 3. The van der Waals surface area contributed by atoms with Crippen LogP contribution in [0.5, 0.6) is 5.75 Å².